The van der Waals surface area contributed by atoms with Crippen LogP contribution in [0.4, 0.5) is 4.39 Å². The molecular weight excluding hydrogens is 375 g/mol. The Bertz CT molecular complexity index is 1120. The molecule has 142 valence electrons. The molecule has 2 heterocycles. The molecule has 0 spiro atoms. The highest BCUT2D eigenvalue weighted by Gasteiger charge is 2.22. The number of fused-ring (bicyclic) bond motifs is 1. The average Bonchev–Trinajstić information content (AvgIpc) is 2.58. The van der Waals surface area contributed by atoms with E-state index in [2.05, 4.69) is 9.97 Å². The van der Waals surface area contributed by atoms with Crippen LogP contribution in [0.2, 0.25) is 5.02 Å². The fraction of sp³-hybridized carbons (Fsp3) is 0.316. The van der Waals surface area contributed by atoms with Crippen LogP contribution in [0.3, 0.4) is 0 Å². The number of aromatic nitrogens is 2. The number of alkyl halides is 1. The minimum absolute atomic E-state index is 0.0202. The molecular formula is C19H18ClFN2O4. The van der Waals surface area contributed by atoms with Gasteiger partial charge in [0.05, 0.1) is 0 Å². The van der Waals surface area contributed by atoms with Crippen LogP contribution < -0.4 is 15.9 Å². The predicted molar refractivity (Wildman–Crippen MR) is 100 cm³/mol. The maximum atomic E-state index is 14.2. The lowest BCUT2D eigenvalue weighted by atomic mass is 9.98. The molecule has 0 aliphatic rings. The van der Waals surface area contributed by atoms with Gasteiger partial charge in [0.25, 0.3) is 11.6 Å². The Labute approximate surface area is 159 Å². The molecule has 0 saturated heterocycles. The van der Waals surface area contributed by atoms with Crippen molar-refractivity contribution in [1.82, 2.24) is 9.97 Å². The summed E-state index contributed by atoms with van der Waals surface area (Å²) in [5.41, 5.74) is -1.21. The maximum absolute atomic E-state index is 14.2. The second-order valence-electron chi connectivity index (χ2n) is 6.57. The van der Waals surface area contributed by atoms with E-state index in [9.17, 15) is 14.0 Å². The number of halogens is 2. The van der Waals surface area contributed by atoms with Crippen molar-refractivity contribution in [3.05, 3.63) is 66.8 Å². The van der Waals surface area contributed by atoms with Gasteiger partial charge in [0.1, 0.15) is 17.7 Å². The van der Waals surface area contributed by atoms with E-state index in [0.29, 0.717) is 28.1 Å². The Morgan fingerprint density at radius 3 is 2.70 bits per heavy atom. The number of hydrogen-bond acceptors (Lipinski definition) is 5. The highest BCUT2D eigenvalue weighted by Crippen LogP contribution is 2.32. The summed E-state index contributed by atoms with van der Waals surface area (Å²) in [4.78, 5) is 30.5. The Balaban J connectivity index is 1.92. The van der Waals surface area contributed by atoms with Crippen LogP contribution in [0.5, 0.6) is 6.01 Å². The summed E-state index contributed by atoms with van der Waals surface area (Å²) in [5, 5.41) is 0.537. The van der Waals surface area contributed by atoms with Gasteiger partial charge in [-0.25, -0.2) is 9.18 Å². The summed E-state index contributed by atoms with van der Waals surface area (Å²) in [7, 11) is 0. The van der Waals surface area contributed by atoms with Crippen molar-refractivity contribution in [1.29, 1.82) is 0 Å². The fourth-order valence-electron chi connectivity index (χ4n) is 2.75. The molecule has 0 bridgehead atoms. The third-order valence-electron chi connectivity index (χ3n) is 4.10. The van der Waals surface area contributed by atoms with Crippen LogP contribution in [-0.4, -0.2) is 9.97 Å². The number of aromatic amines is 1. The SMILES string of the molecule is CCc1cc(=O)oc2nc(OCc3ccc(Cl)c(C(C)(C)F)c3)[nH]c(=O)c12. The molecule has 0 aliphatic heterocycles. The fourth-order valence-corrected chi connectivity index (χ4v) is 3.09. The minimum atomic E-state index is -1.61. The molecule has 0 saturated carbocycles. The Morgan fingerprint density at radius 2 is 2.04 bits per heavy atom. The van der Waals surface area contributed by atoms with Gasteiger partial charge in [0, 0.05) is 16.7 Å². The second-order valence-corrected chi connectivity index (χ2v) is 6.98. The number of nitrogens with one attached hydrogen (secondary N) is 1. The molecule has 0 atom stereocenters. The number of hydrogen-bond donors (Lipinski definition) is 1. The van der Waals surface area contributed by atoms with Crippen LogP contribution in [0.15, 0.2) is 38.3 Å². The molecule has 1 N–H and O–H groups in total. The van der Waals surface area contributed by atoms with E-state index in [1.165, 1.54) is 19.9 Å². The standard InChI is InChI=1S/C19H18ClFN2O4/c1-4-11-8-14(24)27-17-15(11)16(25)22-18(23-17)26-9-10-5-6-13(20)12(7-10)19(2,3)21/h5-8H,4,9H2,1-3H3,(H,22,23,25). The molecule has 0 unspecified atom stereocenters. The summed E-state index contributed by atoms with van der Waals surface area (Å²) in [6, 6.07) is 6.04. The molecule has 0 fully saturated rings. The predicted octanol–water partition coefficient (Wildman–Crippen LogP) is 3.88. The smallest absolute Gasteiger partial charge is 0.337 e. The van der Waals surface area contributed by atoms with Gasteiger partial charge in [-0.05, 0) is 43.5 Å². The van der Waals surface area contributed by atoms with Crippen LogP contribution in [0.1, 0.15) is 37.5 Å². The monoisotopic (exact) mass is 392 g/mol. The van der Waals surface area contributed by atoms with Gasteiger partial charge in [0.15, 0.2) is 0 Å². The van der Waals surface area contributed by atoms with Crippen molar-refractivity contribution < 1.29 is 13.5 Å². The molecule has 8 heteroatoms. The van der Waals surface area contributed by atoms with Crippen LogP contribution in [-0.2, 0) is 18.7 Å². The Kier molecular flexibility index (Phi) is 5.06. The summed E-state index contributed by atoms with van der Waals surface area (Å²) in [6.07, 6.45) is 0.486. The summed E-state index contributed by atoms with van der Waals surface area (Å²) < 4.78 is 24.8. The van der Waals surface area contributed by atoms with Gasteiger partial charge in [-0.1, -0.05) is 24.6 Å². The molecule has 0 amide bonds. The van der Waals surface area contributed by atoms with E-state index in [1.807, 2.05) is 6.92 Å². The number of aryl methyl sites for hydroxylation is 1. The van der Waals surface area contributed by atoms with E-state index in [0.717, 1.165) is 0 Å². The molecule has 0 radical (unpaired) electrons. The van der Waals surface area contributed by atoms with Gasteiger partial charge in [-0.3, -0.25) is 9.78 Å². The topological polar surface area (TPSA) is 85.2 Å². The third-order valence-corrected chi connectivity index (χ3v) is 4.43. The zero-order chi connectivity index (χ0) is 19.8. The van der Waals surface area contributed by atoms with Crippen molar-refractivity contribution in [3.63, 3.8) is 0 Å². The molecule has 2 aromatic heterocycles. The first kappa shape index (κ1) is 19.1. The summed E-state index contributed by atoms with van der Waals surface area (Å²) >= 11 is 6.04. The average molecular weight is 393 g/mol. The van der Waals surface area contributed by atoms with Crippen LogP contribution in [0.25, 0.3) is 11.1 Å². The van der Waals surface area contributed by atoms with Crippen molar-refractivity contribution in [3.8, 4) is 6.01 Å². The lowest BCUT2D eigenvalue weighted by molar-refractivity contribution is 0.221. The largest absolute Gasteiger partial charge is 0.460 e. The normalized spacial score (nSPS) is 11.7. The first-order valence-electron chi connectivity index (χ1n) is 8.36. The third kappa shape index (κ3) is 4.03. The Hall–Kier alpha value is -2.67. The maximum Gasteiger partial charge on any atom is 0.337 e. The molecule has 1 aromatic carbocycles. The van der Waals surface area contributed by atoms with Gasteiger partial charge in [-0.2, -0.15) is 4.98 Å². The number of H-pyrrole nitrogens is 1. The van der Waals surface area contributed by atoms with Gasteiger partial charge in [0.2, 0.25) is 5.71 Å². The van der Waals surface area contributed by atoms with E-state index < -0.39 is 16.9 Å². The zero-order valence-corrected chi connectivity index (χ0v) is 15.8. The molecule has 3 aromatic rings. The second kappa shape index (κ2) is 7.15. The first-order chi connectivity index (χ1) is 12.7. The van der Waals surface area contributed by atoms with E-state index in [1.54, 1.807) is 18.2 Å². The molecule has 0 aliphatic carbocycles. The molecule has 6 nitrogen and oxygen atoms in total. The quantitative estimate of drug-likeness (QED) is 0.712. The first-order valence-corrected chi connectivity index (χ1v) is 8.74. The van der Waals surface area contributed by atoms with Crippen molar-refractivity contribution >= 4 is 22.7 Å². The van der Waals surface area contributed by atoms with Crippen molar-refractivity contribution in [2.45, 2.75) is 39.5 Å². The van der Waals surface area contributed by atoms with E-state index in [-0.39, 0.29) is 23.7 Å². The number of nitrogens with zero attached hydrogens (tertiary/aromatic N) is 1. The summed E-state index contributed by atoms with van der Waals surface area (Å²) in [5.74, 6) is 0. The highest BCUT2D eigenvalue weighted by atomic mass is 35.5. The van der Waals surface area contributed by atoms with Crippen LogP contribution >= 0.6 is 11.6 Å². The number of benzene rings is 1. The van der Waals surface area contributed by atoms with Crippen molar-refractivity contribution in [2.24, 2.45) is 0 Å². The van der Waals surface area contributed by atoms with Crippen molar-refractivity contribution in [2.75, 3.05) is 0 Å². The van der Waals surface area contributed by atoms with Crippen LogP contribution in [0, 0.1) is 0 Å². The number of ether oxygens (including phenoxy) is 1. The van der Waals surface area contributed by atoms with Gasteiger partial charge >= 0.3 is 5.63 Å². The lowest BCUT2D eigenvalue weighted by Gasteiger charge is -2.17. The Morgan fingerprint density at radius 1 is 1.30 bits per heavy atom. The lowest BCUT2D eigenvalue weighted by Crippen LogP contribution is -2.15. The minimum Gasteiger partial charge on any atom is -0.460 e. The van der Waals surface area contributed by atoms with Gasteiger partial charge in [-0.15, -0.1) is 0 Å². The molecule has 3 rings (SSSR count). The number of rotatable bonds is 5. The zero-order valence-electron chi connectivity index (χ0n) is 15.1. The van der Waals surface area contributed by atoms with Gasteiger partial charge < -0.3 is 9.15 Å². The summed E-state index contributed by atoms with van der Waals surface area (Å²) in [6.45, 7) is 4.66. The van der Waals surface area contributed by atoms with E-state index in [4.69, 9.17) is 20.8 Å². The molecule has 27 heavy (non-hydrogen) atoms. The van der Waals surface area contributed by atoms with E-state index >= 15 is 0 Å². The highest BCUT2D eigenvalue weighted by molar-refractivity contribution is 6.31.